The van der Waals surface area contributed by atoms with Crippen LogP contribution in [0.2, 0.25) is 0 Å². The molecule has 0 spiro atoms. The Morgan fingerprint density at radius 3 is 1.65 bits per heavy atom. The van der Waals surface area contributed by atoms with Crippen molar-refractivity contribution in [1.82, 2.24) is 0 Å². The second-order valence-corrected chi connectivity index (χ2v) is 14.8. The predicted octanol–water partition coefficient (Wildman–Crippen LogP) is 6.99. The molecule has 3 heterocycles. The Hall–Kier alpha value is -5.93. The van der Waals surface area contributed by atoms with Gasteiger partial charge in [-0.05, 0) is 29.0 Å². The highest BCUT2D eigenvalue weighted by atomic mass is 32.2. The van der Waals surface area contributed by atoms with Crippen molar-refractivity contribution >= 4 is 23.7 Å². The number of rotatable bonds is 9. The van der Waals surface area contributed by atoms with Crippen molar-refractivity contribution in [2.24, 2.45) is 0 Å². The molecule has 2 saturated heterocycles. The summed E-state index contributed by atoms with van der Waals surface area (Å²) in [6, 6.07) is 29.0. The highest BCUT2D eigenvalue weighted by Gasteiger charge is 2.54. The lowest BCUT2D eigenvalue weighted by atomic mass is 9.91. The van der Waals surface area contributed by atoms with Gasteiger partial charge in [0.25, 0.3) is 0 Å². The van der Waals surface area contributed by atoms with Gasteiger partial charge < -0.3 is 53.6 Å². The summed E-state index contributed by atoms with van der Waals surface area (Å²) in [7, 11) is 0. The Morgan fingerprint density at radius 2 is 1.14 bits per heavy atom. The van der Waals surface area contributed by atoms with Gasteiger partial charge in [-0.25, -0.2) is 9.59 Å². The van der Waals surface area contributed by atoms with Gasteiger partial charge in [-0.1, -0.05) is 97.9 Å². The van der Waals surface area contributed by atoms with Gasteiger partial charge in [-0.2, -0.15) is 0 Å². The van der Waals surface area contributed by atoms with E-state index in [-0.39, 0.29) is 19.8 Å². The number of esters is 2. The number of phenols is 4. The van der Waals surface area contributed by atoms with E-state index in [0.717, 1.165) is 12.1 Å². The molecule has 57 heavy (non-hydrogen) atoms. The molecule has 8 rings (SSSR count). The monoisotopic (exact) mass is 794 g/mol. The first-order chi connectivity index (χ1) is 27.7. The summed E-state index contributed by atoms with van der Waals surface area (Å²) < 4.78 is 42.9. The van der Waals surface area contributed by atoms with Crippen molar-refractivity contribution < 1.29 is 63.2 Å². The zero-order valence-corrected chi connectivity index (χ0v) is 31.3. The summed E-state index contributed by atoms with van der Waals surface area (Å²) in [4.78, 5) is 29.1. The number of ether oxygens (including phenoxy) is 7. The predicted molar refractivity (Wildman–Crippen MR) is 205 cm³/mol. The highest BCUT2D eigenvalue weighted by molar-refractivity contribution is 7.99. The molecule has 0 radical (unpaired) electrons. The first-order valence-electron chi connectivity index (χ1n) is 18.2. The summed E-state index contributed by atoms with van der Waals surface area (Å²) >= 11 is 1.30. The lowest BCUT2D eigenvalue weighted by molar-refractivity contribution is -0.317. The third-order valence-corrected chi connectivity index (χ3v) is 10.8. The average molecular weight is 795 g/mol. The first-order valence-corrected chi connectivity index (χ1v) is 19.3. The summed E-state index contributed by atoms with van der Waals surface area (Å²) in [5, 5.41) is 46.6. The number of phenolic OH excluding ortho intramolecular Hbond substituents is 4. The fourth-order valence-corrected chi connectivity index (χ4v) is 8.05. The first kappa shape index (κ1) is 38.0. The zero-order chi connectivity index (χ0) is 39.6. The van der Waals surface area contributed by atoms with Crippen molar-refractivity contribution in [3.8, 4) is 45.6 Å². The van der Waals surface area contributed by atoms with Crippen LogP contribution in [0.1, 0.15) is 50.6 Å². The van der Waals surface area contributed by atoms with Crippen molar-refractivity contribution in [2.75, 3.05) is 12.4 Å². The Labute approximate surface area is 331 Å². The molecule has 0 saturated carbocycles. The van der Waals surface area contributed by atoms with E-state index in [1.54, 1.807) is 48.5 Å². The van der Waals surface area contributed by atoms with Crippen LogP contribution in [0.5, 0.6) is 34.5 Å². The van der Waals surface area contributed by atoms with Gasteiger partial charge in [0.05, 0.1) is 17.7 Å². The van der Waals surface area contributed by atoms with Crippen molar-refractivity contribution in [2.45, 2.75) is 56.3 Å². The third kappa shape index (κ3) is 7.52. The molecule has 0 amide bonds. The standard InChI is InChI=1S/C43H38O13S/c1-2-57-43-39-38(37-30(53-43)22-52-42(56-37)25-16-10-5-11-17-25)54-40(48)26-18-28(44)35(50-20-23-12-6-3-7-13-23)33(46)31(26)32-27(41(49)55-39)19-29(45)36(34(32)47)51-21-24-14-8-4-9-15-24/h3-19,30,37-39,42-47H,2,20-22H2,1H3/t30-,37-,38+,39-,42?,43+/m1/s1. The maximum atomic E-state index is 14.6. The number of hydrogen-bond acceptors (Lipinski definition) is 14. The number of hydrogen-bond donors (Lipinski definition) is 4. The summed E-state index contributed by atoms with van der Waals surface area (Å²) in [5.74, 6) is -5.42. The van der Waals surface area contributed by atoms with E-state index in [4.69, 9.17) is 33.2 Å². The van der Waals surface area contributed by atoms with E-state index in [0.29, 0.717) is 22.4 Å². The minimum absolute atomic E-state index is 0.0519. The van der Waals surface area contributed by atoms with E-state index >= 15 is 0 Å². The molecule has 13 nitrogen and oxygen atoms in total. The summed E-state index contributed by atoms with van der Waals surface area (Å²) in [5.41, 5.74) is -0.610. The molecule has 0 bridgehead atoms. The van der Waals surface area contributed by atoms with Gasteiger partial charge in [-0.15, -0.1) is 11.8 Å². The number of benzene rings is 5. The van der Waals surface area contributed by atoms with Crippen molar-refractivity contribution in [1.29, 1.82) is 0 Å². The molecule has 5 aromatic carbocycles. The largest absolute Gasteiger partial charge is 0.504 e. The molecular formula is C43H38O13S. The number of fused-ring (bicyclic) bond motifs is 6. The Morgan fingerprint density at radius 1 is 0.649 bits per heavy atom. The van der Waals surface area contributed by atoms with Crippen LogP contribution in [0.4, 0.5) is 0 Å². The smallest absolute Gasteiger partial charge is 0.339 e. The van der Waals surface area contributed by atoms with Crippen LogP contribution in [0.25, 0.3) is 11.1 Å². The van der Waals surface area contributed by atoms with Crippen LogP contribution in [-0.2, 0) is 36.9 Å². The fourth-order valence-electron chi connectivity index (χ4n) is 7.10. The SMILES string of the molecule is CCS[C@@H]1O[C@@H]2COC(c3ccccc3)O[C@H]2[C@@H]2OC(=O)c3cc(O)c(OCc4ccccc4)c(O)c3-c3c(cc(O)c(OCc4ccccc4)c3O)C(=O)O[C@H]21. The minimum atomic E-state index is -1.30. The van der Waals surface area contributed by atoms with Crippen LogP contribution in [0.3, 0.4) is 0 Å². The Bertz CT molecular complexity index is 2250. The lowest BCUT2D eigenvalue weighted by Crippen LogP contribution is -2.63. The second-order valence-electron chi connectivity index (χ2n) is 13.5. The van der Waals surface area contributed by atoms with Crippen LogP contribution in [-0.4, -0.2) is 74.6 Å². The van der Waals surface area contributed by atoms with Gasteiger partial charge in [0.2, 0.25) is 11.5 Å². The fraction of sp³-hybridized carbons (Fsp3) is 0.256. The normalized spacial score (nSPS) is 22.8. The molecule has 0 aromatic heterocycles. The van der Waals surface area contributed by atoms with E-state index < -0.39 is 105 Å². The number of thioether (sulfide) groups is 1. The molecule has 5 aromatic rings. The molecular weight excluding hydrogens is 757 g/mol. The molecule has 6 atom stereocenters. The quantitative estimate of drug-likeness (QED) is 0.112. The van der Waals surface area contributed by atoms with Crippen molar-refractivity contribution in [3.63, 3.8) is 0 Å². The van der Waals surface area contributed by atoms with Gasteiger partial charge in [0.15, 0.2) is 41.5 Å². The van der Waals surface area contributed by atoms with Crippen LogP contribution < -0.4 is 9.47 Å². The lowest BCUT2D eigenvalue weighted by Gasteiger charge is -2.48. The Balaban J connectivity index is 1.27. The molecule has 1 unspecified atom stereocenters. The zero-order valence-electron chi connectivity index (χ0n) is 30.5. The average Bonchev–Trinajstić information content (AvgIpc) is 3.22. The van der Waals surface area contributed by atoms with Crippen molar-refractivity contribution in [3.05, 3.63) is 131 Å². The van der Waals surface area contributed by atoms with Crippen LogP contribution in [0.15, 0.2) is 103 Å². The van der Waals surface area contributed by atoms with Gasteiger partial charge in [-0.3, -0.25) is 0 Å². The molecule has 2 fully saturated rings. The molecule has 294 valence electrons. The van der Waals surface area contributed by atoms with E-state index in [9.17, 15) is 30.0 Å². The maximum absolute atomic E-state index is 14.6. The number of carbonyl (C=O) groups is 2. The maximum Gasteiger partial charge on any atom is 0.339 e. The van der Waals surface area contributed by atoms with Gasteiger partial charge in [0, 0.05) is 16.7 Å². The molecule has 0 aliphatic carbocycles. The second kappa shape index (κ2) is 16.3. The number of aromatic hydroxyl groups is 4. The van der Waals surface area contributed by atoms with Gasteiger partial charge >= 0.3 is 11.9 Å². The molecule has 4 N–H and O–H groups in total. The molecule has 14 heteroatoms. The van der Waals surface area contributed by atoms with Crippen LogP contribution >= 0.6 is 11.8 Å². The summed E-state index contributed by atoms with van der Waals surface area (Å²) in [6.45, 7) is 1.71. The van der Waals surface area contributed by atoms with E-state index in [1.165, 1.54) is 11.8 Å². The van der Waals surface area contributed by atoms with E-state index in [1.807, 2.05) is 49.4 Å². The summed E-state index contributed by atoms with van der Waals surface area (Å²) in [6.07, 6.45) is -5.25. The molecule has 3 aliphatic rings. The molecule has 3 aliphatic heterocycles. The van der Waals surface area contributed by atoms with E-state index in [2.05, 4.69) is 0 Å². The highest BCUT2D eigenvalue weighted by Crippen LogP contribution is 2.54. The van der Waals surface area contributed by atoms with Crippen LogP contribution in [0, 0.1) is 0 Å². The topological polar surface area (TPSA) is 180 Å². The Kier molecular flexibility index (Phi) is 10.8. The van der Waals surface area contributed by atoms with Gasteiger partial charge in [0.1, 0.15) is 30.9 Å². The third-order valence-electron chi connectivity index (χ3n) is 9.78. The number of carbonyl (C=O) groups excluding carboxylic acids is 2. The minimum Gasteiger partial charge on any atom is -0.504 e.